The standard InChI is InChI=1S/C13H23NSi/c1-13(2,3)14-11-15(4,5)12-9-7-6-8-10-12/h6-10,14H,11H2,1-5H3. The Morgan fingerprint density at radius 2 is 1.60 bits per heavy atom. The van der Waals surface area contributed by atoms with Crippen molar-refractivity contribution in [3.05, 3.63) is 30.3 Å². The zero-order valence-corrected chi connectivity index (χ0v) is 11.6. The van der Waals surface area contributed by atoms with Crippen LogP contribution in [0.3, 0.4) is 0 Å². The van der Waals surface area contributed by atoms with Crippen LogP contribution in [0, 0.1) is 0 Å². The number of nitrogens with one attached hydrogen (secondary N) is 1. The summed E-state index contributed by atoms with van der Waals surface area (Å²) in [7, 11) is -1.30. The molecule has 0 atom stereocenters. The molecule has 84 valence electrons. The molecule has 0 aliphatic heterocycles. The molecular weight excluding hydrogens is 198 g/mol. The molecule has 0 unspecified atom stereocenters. The Morgan fingerprint density at radius 1 is 1.07 bits per heavy atom. The molecule has 0 fully saturated rings. The monoisotopic (exact) mass is 221 g/mol. The molecule has 0 bridgehead atoms. The lowest BCUT2D eigenvalue weighted by Crippen LogP contribution is -2.54. The fraction of sp³-hybridized carbons (Fsp3) is 0.538. The number of benzene rings is 1. The van der Waals surface area contributed by atoms with Crippen molar-refractivity contribution in [2.75, 3.05) is 6.17 Å². The van der Waals surface area contributed by atoms with E-state index in [0.29, 0.717) is 0 Å². The van der Waals surface area contributed by atoms with Gasteiger partial charge in [0.05, 0.1) is 8.07 Å². The van der Waals surface area contributed by atoms with Crippen LogP contribution in [0.15, 0.2) is 30.3 Å². The minimum absolute atomic E-state index is 0.221. The molecule has 0 heterocycles. The van der Waals surface area contributed by atoms with E-state index in [0.717, 1.165) is 6.17 Å². The van der Waals surface area contributed by atoms with Crippen molar-refractivity contribution in [1.82, 2.24) is 5.32 Å². The van der Waals surface area contributed by atoms with E-state index in [4.69, 9.17) is 0 Å². The van der Waals surface area contributed by atoms with Crippen LogP contribution in [0.5, 0.6) is 0 Å². The van der Waals surface area contributed by atoms with Crippen LogP contribution in [0.2, 0.25) is 13.1 Å². The third-order valence-corrected chi connectivity index (χ3v) is 5.57. The molecular formula is C13H23NSi. The second-order valence-corrected chi connectivity index (χ2v) is 10.6. The first-order valence-corrected chi connectivity index (χ1v) is 8.82. The van der Waals surface area contributed by atoms with Gasteiger partial charge >= 0.3 is 0 Å². The Labute approximate surface area is 94.9 Å². The average molecular weight is 221 g/mol. The SMILES string of the molecule is CC(C)(C)NC[Si](C)(C)c1ccccc1. The lowest BCUT2D eigenvalue weighted by Gasteiger charge is -2.29. The molecule has 1 aromatic carbocycles. The maximum atomic E-state index is 3.62. The van der Waals surface area contributed by atoms with Crippen LogP contribution in [0.25, 0.3) is 0 Å². The van der Waals surface area contributed by atoms with Crippen molar-refractivity contribution >= 4 is 13.3 Å². The van der Waals surface area contributed by atoms with E-state index in [2.05, 4.69) is 69.5 Å². The van der Waals surface area contributed by atoms with Crippen molar-refractivity contribution in [1.29, 1.82) is 0 Å². The fourth-order valence-corrected chi connectivity index (χ4v) is 3.75. The molecule has 0 spiro atoms. The fourth-order valence-electron chi connectivity index (χ4n) is 1.48. The number of rotatable bonds is 3. The van der Waals surface area contributed by atoms with Crippen LogP contribution in [0.1, 0.15) is 20.8 Å². The van der Waals surface area contributed by atoms with Gasteiger partial charge in [-0.15, -0.1) is 0 Å². The molecule has 1 aromatic rings. The molecule has 1 nitrogen and oxygen atoms in total. The maximum absolute atomic E-state index is 3.62. The Hall–Kier alpha value is -0.603. The van der Waals surface area contributed by atoms with Gasteiger partial charge in [0.2, 0.25) is 0 Å². The highest BCUT2D eigenvalue weighted by molar-refractivity contribution is 6.90. The molecule has 1 N–H and O–H groups in total. The zero-order valence-electron chi connectivity index (χ0n) is 10.6. The lowest BCUT2D eigenvalue weighted by atomic mass is 10.1. The second kappa shape index (κ2) is 4.50. The summed E-state index contributed by atoms with van der Waals surface area (Å²) in [5.41, 5.74) is 0.221. The van der Waals surface area contributed by atoms with E-state index < -0.39 is 8.07 Å². The average Bonchev–Trinajstić information content (AvgIpc) is 2.16. The van der Waals surface area contributed by atoms with Crippen LogP contribution < -0.4 is 10.5 Å². The quantitative estimate of drug-likeness (QED) is 0.774. The molecule has 0 saturated heterocycles. The maximum Gasteiger partial charge on any atom is 0.0945 e. The highest BCUT2D eigenvalue weighted by Gasteiger charge is 2.24. The zero-order chi connectivity index (χ0) is 11.5. The molecule has 1 rings (SSSR count). The van der Waals surface area contributed by atoms with Crippen LogP contribution in [-0.4, -0.2) is 19.8 Å². The summed E-state index contributed by atoms with van der Waals surface area (Å²) in [6.45, 7) is 11.5. The first-order chi connectivity index (χ1) is 6.81. The van der Waals surface area contributed by atoms with Gasteiger partial charge in [-0.1, -0.05) is 48.6 Å². The summed E-state index contributed by atoms with van der Waals surface area (Å²) in [4.78, 5) is 0. The summed E-state index contributed by atoms with van der Waals surface area (Å²) < 4.78 is 0. The minimum atomic E-state index is -1.30. The highest BCUT2D eigenvalue weighted by Crippen LogP contribution is 2.05. The van der Waals surface area contributed by atoms with E-state index in [1.807, 2.05) is 0 Å². The Bertz CT molecular complexity index is 298. The van der Waals surface area contributed by atoms with Crippen molar-refractivity contribution < 1.29 is 0 Å². The largest absolute Gasteiger partial charge is 0.314 e. The van der Waals surface area contributed by atoms with Gasteiger partial charge in [-0.3, -0.25) is 0 Å². The van der Waals surface area contributed by atoms with E-state index in [1.54, 1.807) is 0 Å². The first kappa shape index (κ1) is 12.5. The predicted octanol–water partition coefficient (Wildman–Crippen LogP) is 2.53. The van der Waals surface area contributed by atoms with Gasteiger partial charge in [-0.05, 0) is 26.9 Å². The lowest BCUT2D eigenvalue weighted by molar-refractivity contribution is 0.456. The Morgan fingerprint density at radius 3 is 2.07 bits per heavy atom. The summed E-state index contributed by atoms with van der Waals surface area (Å²) in [6.07, 6.45) is 1.14. The molecule has 0 amide bonds. The minimum Gasteiger partial charge on any atom is -0.314 e. The smallest absolute Gasteiger partial charge is 0.0945 e. The molecule has 2 heteroatoms. The van der Waals surface area contributed by atoms with Gasteiger partial charge in [0, 0.05) is 5.54 Å². The van der Waals surface area contributed by atoms with Crippen LogP contribution in [0.4, 0.5) is 0 Å². The molecule has 0 saturated carbocycles. The van der Waals surface area contributed by atoms with Gasteiger partial charge in [0.1, 0.15) is 0 Å². The van der Waals surface area contributed by atoms with Crippen molar-refractivity contribution in [3.63, 3.8) is 0 Å². The van der Waals surface area contributed by atoms with Gasteiger partial charge < -0.3 is 5.32 Å². The van der Waals surface area contributed by atoms with E-state index >= 15 is 0 Å². The van der Waals surface area contributed by atoms with Crippen LogP contribution >= 0.6 is 0 Å². The first-order valence-electron chi connectivity index (χ1n) is 5.62. The number of hydrogen-bond donors (Lipinski definition) is 1. The van der Waals surface area contributed by atoms with E-state index in [9.17, 15) is 0 Å². The summed E-state index contributed by atoms with van der Waals surface area (Å²) >= 11 is 0. The number of hydrogen-bond acceptors (Lipinski definition) is 1. The van der Waals surface area contributed by atoms with Gasteiger partial charge in [-0.25, -0.2) is 0 Å². The third kappa shape index (κ3) is 4.18. The molecule has 0 aromatic heterocycles. The normalized spacial score (nSPS) is 12.9. The van der Waals surface area contributed by atoms with Crippen molar-refractivity contribution in [3.8, 4) is 0 Å². The predicted molar refractivity (Wildman–Crippen MR) is 71.3 cm³/mol. The molecule has 0 radical (unpaired) electrons. The van der Waals surface area contributed by atoms with Crippen LogP contribution in [-0.2, 0) is 0 Å². The summed E-state index contributed by atoms with van der Waals surface area (Å²) in [5, 5.41) is 5.15. The highest BCUT2D eigenvalue weighted by atomic mass is 28.3. The van der Waals surface area contributed by atoms with Gasteiger partial charge in [-0.2, -0.15) is 0 Å². The molecule has 15 heavy (non-hydrogen) atoms. The van der Waals surface area contributed by atoms with Gasteiger partial charge in [0.25, 0.3) is 0 Å². The van der Waals surface area contributed by atoms with E-state index in [1.165, 1.54) is 5.19 Å². The van der Waals surface area contributed by atoms with Crippen molar-refractivity contribution in [2.24, 2.45) is 0 Å². The topological polar surface area (TPSA) is 12.0 Å². The van der Waals surface area contributed by atoms with Crippen molar-refractivity contribution in [2.45, 2.75) is 39.4 Å². The third-order valence-electron chi connectivity index (χ3n) is 2.62. The van der Waals surface area contributed by atoms with Gasteiger partial charge in [0.15, 0.2) is 0 Å². The van der Waals surface area contributed by atoms with E-state index in [-0.39, 0.29) is 5.54 Å². The second-order valence-electron chi connectivity index (χ2n) is 5.85. The molecule has 0 aliphatic carbocycles. The summed E-state index contributed by atoms with van der Waals surface area (Å²) in [5.74, 6) is 0. The summed E-state index contributed by atoms with van der Waals surface area (Å²) in [6, 6.07) is 10.9. The molecule has 0 aliphatic rings. The Kier molecular flexibility index (Phi) is 3.74. The Balaban J connectivity index is 2.68.